The van der Waals surface area contributed by atoms with Crippen molar-refractivity contribution < 1.29 is 59.6 Å². The van der Waals surface area contributed by atoms with Gasteiger partial charge in [0.05, 0.1) is 20.8 Å². The number of esters is 1. The highest BCUT2D eigenvalue weighted by atomic mass is 32.2. The van der Waals surface area contributed by atoms with E-state index in [1.54, 1.807) is 12.1 Å². The summed E-state index contributed by atoms with van der Waals surface area (Å²) in [6.07, 6.45) is -5.70. The largest absolute Gasteiger partial charge is 0.471 e. The summed E-state index contributed by atoms with van der Waals surface area (Å²) >= 11 is 1.93. The van der Waals surface area contributed by atoms with Crippen LogP contribution >= 0.6 is 31.7 Å². The van der Waals surface area contributed by atoms with E-state index in [1.165, 1.54) is 50.6 Å². The number of carbonyl (C=O) groups excluding carboxylic acids is 2. The molecule has 0 bridgehead atoms. The molecule has 0 heterocycles. The molecule has 0 aromatic heterocycles. The van der Waals surface area contributed by atoms with Crippen molar-refractivity contribution in [2.75, 3.05) is 33.7 Å². The highest BCUT2D eigenvalue weighted by Crippen LogP contribution is 2.50. The fourth-order valence-electron chi connectivity index (χ4n) is 2.71. The van der Waals surface area contributed by atoms with Gasteiger partial charge in [-0.15, -0.1) is 0 Å². The summed E-state index contributed by atoms with van der Waals surface area (Å²) in [5.41, 5.74) is 0. The zero-order valence-corrected chi connectivity index (χ0v) is 24.1. The number of carbonyl (C=O) groups is 2. The Kier molecular flexibility index (Phi) is 14.1. The van der Waals surface area contributed by atoms with E-state index in [0.29, 0.717) is 22.6 Å². The van der Waals surface area contributed by atoms with E-state index in [0.717, 1.165) is 24.1 Å². The fraction of sp³-hybridized carbons (Fsp3) is 0.391. The first kappa shape index (κ1) is 33.7. The van der Waals surface area contributed by atoms with E-state index in [-0.39, 0.29) is 23.0 Å². The number of ether oxygens (including phenoxy) is 1. The molecule has 40 heavy (non-hydrogen) atoms. The summed E-state index contributed by atoms with van der Waals surface area (Å²) in [5, 5.41) is 0. The zero-order chi connectivity index (χ0) is 29.6. The lowest BCUT2D eigenvalue weighted by Crippen LogP contribution is -2.45. The fourth-order valence-corrected chi connectivity index (χ4v) is 4.86. The summed E-state index contributed by atoms with van der Waals surface area (Å²) < 4.78 is 78.3. The van der Waals surface area contributed by atoms with Gasteiger partial charge in [0.25, 0.3) is 0 Å². The number of hydrogen-bond donors (Lipinski definition) is 0. The van der Waals surface area contributed by atoms with Crippen LogP contribution in [0.2, 0.25) is 0 Å². The molecule has 2 aromatic carbocycles. The Morgan fingerprint density at radius 3 is 1.90 bits per heavy atom. The predicted molar refractivity (Wildman–Crippen MR) is 138 cm³/mol. The number of alkyl halides is 3. The maximum atomic E-state index is 13.6. The van der Waals surface area contributed by atoms with Gasteiger partial charge in [0.15, 0.2) is 11.5 Å². The van der Waals surface area contributed by atoms with Crippen molar-refractivity contribution >= 4 is 43.6 Å². The topological polar surface area (TPSA) is 119 Å². The molecular weight excluding hydrogens is 602 g/mol. The van der Waals surface area contributed by atoms with Crippen LogP contribution in [0.4, 0.5) is 13.2 Å². The minimum absolute atomic E-state index is 0.0305. The van der Waals surface area contributed by atoms with E-state index in [1.807, 2.05) is 6.92 Å². The molecule has 0 saturated heterocycles. The molecule has 17 heteroatoms. The van der Waals surface area contributed by atoms with Crippen LogP contribution in [0.15, 0.2) is 58.3 Å². The average Bonchev–Trinajstić information content (AvgIpc) is 2.91. The third-order valence-corrected chi connectivity index (χ3v) is 6.94. The standard InChI is InChI=1S/C23H27F3NO10PS2/c1-4-5-12-33-21(28)15-27(22(29)23(24,25)26)16-38(30,36-34-17-8-6-10-19(13-17)39-31-2)37-35-18-9-7-11-20(14-18)40-32-3/h6-11,13-14H,4-5,12,15-16H2,1-3H3. The third kappa shape index (κ3) is 12.0. The van der Waals surface area contributed by atoms with Crippen molar-refractivity contribution in [3.63, 3.8) is 0 Å². The Morgan fingerprint density at radius 1 is 0.925 bits per heavy atom. The average molecular weight is 630 g/mol. The highest BCUT2D eigenvalue weighted by Gasteiger charge is 2.47. The Morgan fingerprint density at radius 2 is 1.45 bits per heavy atom. The number of unbranched alkanes of at least 4 members (excludes halogenated alkanes) is 1. The smallest absolute Gasteiger partial charge is 0.464 e. The molecule has 0 aliphatic carbocycles. The van der Waals surface area contributed by atoms with Gasteiger partial charge in [0, 0.05) is 46.0 Å². The van der Waals surface area contributed by atoms with Crippen LogP contribution in [0, 0.1) is 0 Å². The minimum atomic E-state index is -5.42. The van der Waals surface area contributed by atoms with E-state index in [4.69, 9.17) is 32.2 Å². The lowest BCUT2D eigenvalue weighted by molar-refractivity contribution is -0.190. The summed E-state index contributed by atoms with van der Waals surface area (Å²) in [4.78, 5) is 35.4. The lowest BCUT2D eigenvalue weighted by Gasteiger charge is -2.25. The summed E-state index contributed by atoms with van der Waals surface area (Å²) in [6.45, 7) is 0.538. The normalized spacial score (nSPS) is 11.7. The van der Waals surface area contributed by atoms with Gasteiger partial charge in [-0.05, 0) is 30.7 Å². The monoisotopic (exact) mass is 629 g/mol. The molecule has 0 spiro atoms. The predicted octanol–water partition coefficient (Wildman–Crippen LogP) is 6.20. The molecule has 2 aromatic rings. The first-order valence-electron chi connectivity index (χ1n) is 11.4. The zero-order valence-electron chi connectivity index (χ0n) is 21.6. The van der Waals surface area contributed by atoms with Crippen LogP contribution in [0.5, 0.6) is 11.5 Å². The van der Waals surface area contributed by atoms with Crippen molar-refractivity contribution in [1.82, 2.24) is 4.90 Å². The summed E-state index contributed by atoms with van der Waals surface area (Å²) in [7, 11) is -2.05. The molecule has 1 amide bonds. The first-order valence-corrected chi connectivity index (χ1v) is 14.7. The van der Waals surface area contributed by atoms with E-state index in [9.17, 15) is 27.3 Å². The number of benzene rings is 2. The lowest BCUT2D eigenvalue weighted by atomic mass is 10.3. The molecular formula is C23H27F3NO10PS2. The van der Waals surface area contributed by atoms with Crippen LogP contribution in [-0.2, 0) is 36.6 Å². The molecule has 222 valence electrons. The Labute approximate surface area is 237 Å². The Bertz CT molecular complexity index is 1100. The molecule has 0 aliphatic rings. The maximum absolute atomic E-state index is 13.6. The second kappa shape index (κ2) is 16.7. The molecule has 0 saturated carbocycles. The van der Waals surface area contributed by atoms with Crippen LogP contribution in [0.3, 0.4) is 0 Å². The van der Waals surface area contributed by atoms with Gasteiger partial charge in [-0.2, -0.15) is 13.2 Å². The molecule has 0 N–H and O–H groups in total. The maximum Gasteiger partial charge on any atom is 0.471 e. The van der Waals surface area contributed by atoms with Gasteiger partial charge >= 0.3 is 25.6 Å². The van der Waals surface area contributed by atoms with Gasteiger partial charge in [-0.25, -0.2) is 0 Å². The van der Waals surface area contributed by atoms with E-state index in [2.05, 4.69) is 0 Å². The minimum Gasteiger partial charge on any atom is -0.464 e. The molecule has 0 atom stereocenters. The van der Waals surface area contributed by atoms with E-state index >= 15 is 0 Å². The Hall–Kier alpha value is -2.46. The molecule has 0 fully saturated rings. The molecule has 0 aliphatic heterocycles. The van der Waals surface area contributed by atoms with Crippen LogP contribution in [0.25, 0.3) is 0 Å². The number of nitrogens with zero attached hydrogens (tertiary/aromatic N) is 1. The second-order valence-electron chi connectivity index (χ2n) is 7.59. The third-order valence-electron chi connectivity index (χ3n) is 4.42. The van der Waals surface area contributed by atoms with Gasteiger partial charge in [-0.3, -0.25) is 14.2 Å². The molecule has 0 radical (unpaired) electrons. The second-order valence-corrected chi connectivity index (χ2v) is 11.3. The number of hydrogen-bond acceptors (Lipinski definition) is 12. The van der Waals surface area contributed by atoms with E-state index < -0.39 is 38.5 Å². The van der Waals surface area contributed by atoms with Crippen molar-refractivity contribution in [3.05, 3.63) is 48.5 Å². The molecule has 0 unspecified atom stereocenters. The highest BCUT2D eigenvalue weighted by molar-refractivity contribution is 7.94. The first-order chi connectivity index (χ1) is 19.0. The SMILES string of the molecule is CCCCOC(=O)CN(CP(=O)(OOc1cccc(SOC)c1)OOc1cccc(SOC)c1)C(=O)C(F)(F)F. The summed E-state index contributed by atoms with van der Waals surface area (Å²) in [6, 6.07) is 12.0. The quantitative estimate of drug-likeness (QED) is 0.0495. The van der Waals surface area contributed by atoms with Crippen molar-refractivity contribution in [1.29, 1.82) is 0 Å². The van der Waals surface area contributed by atoms with Gasteiger partial charge in [-0.1, -0.05) is 34.8 Å². The van der Waals surface area contributed by atoms with Crippen LogP contribution < -0.4 is 9.78 Å². The van der Waals surface area contributed by atoms with Gasteiger partial charge in [0.2, 0.25) is 0 Å². The molecule has 11 nitrogen and oxygen atoms in total. The number of halogens is 3. The number of amides is 1. The van der Waals surface area contributed by atoms with Gasteiger partial charge in [0.1, 0.15) is 12.8 Å². The summed E-state index contributed by atoms with van der Waals surface area (Å²) in [5.74, 6) is -3.70. The van der Waals surface area contributed by atoms with Crippen LogP contribution in [-0.4, -0.2) is 56.6 Å². The molecule has 2 rings (SSSR count). The number of rotatable bonds is 17. The van der Waals surface area contributed by atoms with Crippen molar-refractivity contribution in [2.45, 2.75) is 35.7 Å². The Balaban J connectivity index is 2.31. The van der Waals surface area contributed by atoms with Crippen molar-refractivity contribution in [3.8, 4) is 11.5 Å². The van der Waals surface area contributed by atoms with Crippen molar-refractivity contribution in [2.24, 2.45) is 0 Å². The van der Waals surface area contributed by atoms with Gasteiger partial charge < -0.3 is 27.8 Å². The van der Waals surface area contributed by atoms with Crippen LogP contribution in [0.1, 0.15) is 19.8 Å².